The lowest BCUT2D eigenvalue weighted by Gasteiger charge is -2.31. The van der Waals surface area contributed by atoms with E-state index in [2.05, 4.69) is 42.3 Å². The largest absolute Gasteiger partial charge is 0.489 e. The van der Waals surface area contributed by atoms with E-state index in [0.29, 0.717) is 6.04 Å². The molecule has 1 aliphatic rings. The predicted octanol–water partition coefficient (Wildman–Crippen LogP) is 3.13. The molecule has 2 rings (SSSR count). The van der Waals surface area contributed by atoms with Crippen LogP contribution in [0.15, 0.2) is 18.2 Å². The summed E-state index contributed by atoms with van der Waals surface area (Å²) in [5.41, 5.74) is 2.39. The second-order valence-corrected chi connectivity index (χ2v) is 5.50. The van der Waals surface area contributed by atoms with Gasteiger partial charge in [-0.1, -0.05) is 26.0 Å². The van der Waals surface area contributed by atoms with E-state index in [1.165, 1.54) is 5.56 Å². The summed E-state index contributed by atoms with van der Waals surface area (Å²) in [7, 11) is 1.77. The summed E-state index contributed by atoms with van der Waals surface area (Å²) in [5, 5.41) is 3.41. The van der Waals surface area contributed by atoms with Gasteiger partial charge in [0.2, 0.25) is 0 Å². The molecule has 0 fully saturated rings. The standard InChI is InChI=1S/C17H28N2O2/c1-4-15(5-2)19(10-12-20-3)13-14-7-6-8-16-17(14)21-11-9-18-16/h6-8,15,18H,4-5,9-13H2,1-3H3. The Hall–Kier alpha value is -1.26. The lowest BCUT2D eigenvalue weighted by atomic mass is 10.1. The van der Waals surface area contributed by atoms with Crippen LogP contribution in [0.3, 0.4) is 0 Å². The molecule has 0 aromatic heterocycles. The Kier molecular flexibility index (Phi) is 6.33. The highest BCUT2D eigenvalue weighted by Crippen LogP contribution is 2.32. The summed E-state index contributed by atoms with van der Waals surface area (Å²) in [6, 6.07) is 6.97. The van der Waals surface area contributed by atoms with Gasteiger partial charge in [-0.15, -0.1) is 0 Å². The summed E-state index contributed by atoms with van der Waals surface area (Å²) >= 11 is 0. The Morgan fingerprint density at radius 3 is 2.86 bits per heavy atom. The first kappa shape index (κ1) is 16.1. The molecule has 0 saturated heterocycles. The van der Waals surface area contributed by atoms with Crippen molar-refractivity contribution in [2.45, 2.75) is 39.3 Å². The molecule has 4 heteroatoms. The number of nitrogens with zero attached hydrogens (tertiary/aromatic N) is 1. The zero-order chi connectivity index (χ0) is 15.1. The summed E-state index contributed by atoms with van der Waals surface area (Å²) in [4.78, 5) is 2.51. The van der Waals surface area contributed by atoms with Crippen molar-refractivity contribution in [2.24, 2.45) is 0 Å². The van der Waals surface area contributed by atoms with Crippen molar-refractivity contribution in [2.75, 3.05) is 38.7 Å². The Bertz CT molecular complexity index is 433. The van der Waals surface area contributed by atoms with Crippen LogP contribution in [0.1, 0.15) is 32.3 Å². The van der Waals surface area contributed by atoms with E-state index in [0.717, 1.165) is 57.1 Å². The molecule has 0 aliphatic carbocycles. The van der Waals surface area contributed by atoms with Gasteiger partial charge in [0, 0.05) is 38.3 Å². The fourth-order valence-corrected chi connectivity index (χ4v) is 2.98. The van der Waals surface area contributed by atoms with Gasteiger partial charge >= 0.3 is 0 Å². The quantitative estimate of drug-likeness (QED) is 0.798. The van der Waals surface area contributed by atoms with Crippen molar-refractivity contribution in [3.8, 4) is 5.75 Å². The van der Waals surface area contributed by atoms with Crippen LogP contribution in [0.5, 0.6) is 5.75 Å². The zero-order valence-electron chi connectivity index (χ0n) is 13.5. The molecule has 0 amide bonds. The zero-order valence-corrected chi connectivity index (χ0v) is 13.5. The first-order chi connectivity index (χ1) is 10.3. The van der Waals surface area contributed by atoms with Gasteiger partial charge in [-0.05, 0) is 18.9 Å². The first-order valence-electron chi connectivity index (χ1n) is 8.01. The monoisotopic (exact) mass is 292 g/mol. The van der Waals surface area contributed by atoms with Crippen LogP contribution in [0, 0.1) is 0 Å². The van der Waals surface area contributed by atoms with Crippen LogP contribution >= 0.6 is 0 Å². The fourth-order valence-electron chi connectivity index (χ4n) is 2.98. The van der Waals surface area contributed by atoms with Crippen molar-refractivity contribution in [1.29, 1.82) is 0 Å². The third-order valence-corrected chi connectivity index (χ3v) is 4.18. The maximum absolute atomic E-state index is 5.89. The van der Waals surface area contributed by atoms with Crippen LogP contribution in [-0.4, -0.2) is 44.4 Å². The summed E-state index contributed by atoms with van der Waals surface area (Å²) in [5.74, 6) is 1.03. The van der Waals surface area contributed by atoms with Gasteiger partial charge in [0.25, 0.3) is 0 Å². The Labute approximate surface area is 128 Å². The SMILES string of the molecule is CCC(CC)N(CCOC)Cc1cccc2c1OCCN2. The van der Waals surface area contributed by atoms with Crippen molar-refractivity contribution < 1.29 is 9.47 Å². The third kappa shape index (κ3) is 4.11. The second kappa shape index (κ2) is 8.25. The summed E-state index contributed by atoms with van der Waals surface area (Å²) < 4.78 is 11.2. The highest BCUT2D eigenvalue weighted by atomic mass is 16.5. The lowest BCUT2D eigenvalue weighted by Crippen LogP contribution is -2.36. The van der Waals surface area contributed by atoms with Crippen molar-refractivity contribution in [3.63, 3.8) is 0 Å². The Balaban J connectivity index is 2.15. The average Bonchev–Trinajstić information content (AvgIpc) is 2.53. The maximum atomic E-state index is 5.89. The molecule has 0 spiro atoms. The minimum absolute atomic E-state index is 0.590. The number of methoxy groups -OCH3 is 1. The van der Waals surface area contributed by atoms with Crippen LogP contribution in [0.4, 0.5) is 5.69 Å². The number of hydrogen-bond donors (Lipinski definition) is 1. The molecular formula is C17H28N2O2. The van der Waals surface area contributed by atoms with Crippen molar-refractivity contribution in [1.82, 2.24) is 4.90 Å². The fraction of sp³-hybridized carbons (Fsp3) is 0.647. The molecule has 1 N–H and O–H groups in total. The van der Waals surface area contributed by atoms with Gasteiger partial charge in [-0.3, -0.25) is 4.90 Å². The van der Waals surface area contributed by atoms with Crippen LogP contribution in [0.2, 0.25) is 0 Å². The molecule has 0 radical (unpaired) electrons. The van der Waals surface area contributed by atoms with Gasteiger partial charge in [-0.2, -0.15) is 0 Å². The molecule has 4 nitrogen and oxygen atoms in total. The van der Waals surface area contributed by atoms with Crippen LogP contribution in [0.25, 0.3) is 0 Å². The van der Waals surface area contributed by atoms with E-state index in [9.17, 15) is 0 Å². The van der Waals surface area contributed by atoms with E-state index in [1.54, 1.807) is 7.11 Å². The molecule has 0 atom stereocenters. The summed E-state index contributed by atoms with van der Waals surface area (Å²) in [6.45, 7) is 8.79. The highest BCUT2D eigenvalue weighted by molar-refractivity contribution is 5.61. The van der Waals surface area contributed by atoms with Gasteiger partial charge in [-0.25, -0.2) is 0 Å². The molecule has 0 bridgehead atoms. The lowest BCUT2D eigenvalue weighted by molar-refractivity contribution is 0.109. The normalized spacial score (nSPS) is 14.0. The number of fused-ring (bicyclic) bond motifs is 1. The van der Waals surface area contributed by atoms with E-state index < -0.39 is 0 Å². The molecule has 0 unspecified atom stereocenters. The highest BCUT2D eigenvalue weighted by Gasteiger charge is 2.19. The number of anilines is 1. The molecular weight excluding hydrogens is 264 g/mol. The van der Waals surface area contributed by atoms with E-state index in [1.807, 2.05) is 0 Å². The number of ether oxygens (including phenoxy) is 2. The minimum atomic E-state index is 0.590. The predicted molar refractivity (Wildman–Crippen MR) is 87.1 cm³/mol. The summed E-state index contributed by atoms with van der Waals surface area (Å²) in [6.07, 6.45) is 2.32. The number of para-hydroxylation sites is 1. The van der Waals surface area contributed by atoms with Crippen LogP contribution < -0.4 is 10.1 Å². The van der Waals surface area contributed by atoms with Crippen molar-refractivity contribution in [3.05, 3.63) is 23.8 Å². The Morgan fingerprint density at radius 2 is 2.14 bits per heavy atom. The number of nitrogens with one attached hydrogen (secondary N) is 1. The van der Waals surface area contributed by atoms with Gasteiger partial charge in [0.15, 0.2) is 0 Å². The van der Waals surface area contributed by atoms with Gasteiger partial charge in [0.05, 0.1) is 12.3 Å². The smallest absolute Gasteiger partial charge is 0.146 e. The second-order valence-electron chi connectivity index (χ2n) is 5.50. The van der Waals surface area contributed by atoms with Crippen molar-refractivity contribution >= 4 is 5.69 Å². The van der Waals surface area contributed by atoms with Gasteiger partial charge in [0.1, 0.15) is 12.4 Å². The number of hydrogen-bond acceptors (Lipinski definition) is 4. The molecule has 118 valence electrons. The minimum Gasteiger partial charge on any atom is -0.489 e. The van der Waals surface area contributed by atoms with E-state index >= 15 is 0 Å². The van der Waals surface area contributed by atoms with E-state index in [4.69, 9.17) is 9.47 Å². The molecule has 1 heterocycles. The molecule has 1 aromatic carbocycles. The van der Waals surface area contributed by atoms with Crippen LogP contribution in [-0.2, 0) is 11.3 Å². The maximum Gasteiger partial charge on any atom is 0.146 e. The van der Waals surface area contributed by atoms with E-state index in [-0.39, 0.29) is 0 Å². The average molecular weight is 292 g/mol. The van der Waals surface area contributed by atoms with Gasteiger partial charge < -0.3 is 14.8 Å². The molecule has 1 aromatic rings. The first-order valence-corrected chi connectivity index (χ1v) is 8.01. The number of benzene rings is 1. The topological polar surface area (TPSA) is 33.7 Å². The third-order valence-electron chi connectivity index (χ3n) is 4.18. The molecule has 0 saturated carbocycles. The Morgan fingerprint density at radius 1 is 1.33 bits per heavy atom. The number of rotatable bonds is 8. The molecule has 21 heavy (non-hydrogen) atoms. The molecule has 1 aliphatic heterocycles.